The Hall–Kier alpha value is -1.47. The minimum atomic E-state index is -0.139. The van der Waals surface area contributed by atoms with Crippen molar-refractivity contribution in [2.24, 2.45) is 0 Å². The molecule has 1 aliphatic rings. The lowest BCUT2D eigenvalue weighted by molar-refractivity contribution is 0.577. The average Bonchev–Trinajstić information content (AvgIpc) is 2.83. The maximum atomic E-state index is 12.0. The highest BCUT2D eigenvalue weighted by atomic mass is 32.1. The van der Waals surface area contributed by atoms with Crippen LogP contribution in [0, 0.1) is 6.92 Å². The summed E-state index contributed by atoms with van der Waals surface area (Å²) in [6.07, 6.45) is 0.863. The highest BCUT2D eigenvalue weighted by molar-refractivity contribution is 7.16. The monoisotopic (exact) mass is 279 g/mol. The zero-order valence-electron chi connectivity index (χ0n) is 11.1. The predicted molar refractivity (Wildman–Crippen MR) is 76.3 cm³/mol. The third-order valence-corrected chi connectivity index (χ3v) is 4.43. The second-order valence-corrected chi connectivity index (χ2v) is 5.69. The van der Waals surface area contributed by atoms with Crippen molar-refractivity contribution in [1.29, 1.82) is 0 Å². The highest BCUT2D eigenvalue weighted by Crippen LogP contribution is 2.22. The van der Waals surface area contributed by atoms with Gasteiger partial charge < -0.3 is 10.2 Å². The number of piperazine rings is 1. The fourth-order valence-electron chi connectivity index (χ4n) is 2.35. The molecule has 19 heavy (non-hydrogen) atoms. The van der Waals surface area contributed by atoms with Gasteiger partial charge in [0.25, 0.3) is 5.56 Å². The van der Waals surface area contributed by atoms with E-state index in [1.807, 2.05) is 11.4 Å². The zero-order valence-corrected chi connectivity index (χ0v) is 12.0. The lowest BCUT2D eigenvalue weighted by Crippen LogP contribution is -2.45. The Morgan fingerprint density at radius 2 is 2.11 bits per heavy atom. The Kier molecular flexibility index (Phi) is 3.24. The van der Waals surface area contributed by atoms with Crippen molar-refractivity contribution in [3.63, 3.8) is 0 Å². The molecule has 1 N–H and O–H groups in total. The summed E-state index contributed by atoms with van der Waals surface area (Å²) in [5.41, 5.74) is 0.548. The van der Waals surface area contributed by atoms with E-state index < -0.39 is 0 Å². The first kappa shape index (κ1) is 12.6. The van der Waals surface area contributed by atoms with E-state index in [1.165, 1.54) is 11.3 Å². The van der Waals surface area contributed by atoms with Crippen LogP contribution in [0.3, 0.4) is 0 Å². The molecular formula is C12H17N5OS. The Labute approximate surface area is 115 Å². The number of hydrogen-bond donors (Lipinski definition) is 1. The van der Waals surface area contributed by atoms with E-state index in [2.05, 4.69) is 27.2 Å². The molecule has 1 aliphatic heterocycles. The molecule has 0 atom stereocenters. The van der Waals surface area contributed by atoms with E-state index >= 15 is 0 Å². The van der Waals surface area contributed by atoms with E-state index in [-0.39, 0.29) is 5.56 Å². The van der Waals surface area contributed by atoms with Crippen molar-refractivity contribution in [3.8, 4) is 0 Å². The predicted octanol–water partition coefficient (Wildman–Crippen LogP) is 0.431. The molecule has 3 rings (SSSR count). The minimum Gasteiger partial charge on any atom is -0.354 e. The molecule has 0 bridgehead atoms. The van der Waals surface area contributed by atoms with E-state index in [4.69, 9.17) is 0 Å². The summed E-state index contributed by atoms with van der Waals surface area (Å²) in [5.74, 6) is 0.910. The van der Waals surface area contributed by atoms with Crippen LogP contribution in [-0.2, 0) is 6.42 Å². The van der Waals surface area contributed by atoms with Gasteiger partial charge >= 0.3 is 0 Å². The van der Waals surface area contributed by atoms with Crippen LogP contribution < -0.4 is 15.8 Å². The van der Waals surface area contributed by atoms with Crippen LogP contribution in [0.1, 0.15) is 17.5 Å². The lowest BCUT2D eigenvalue weighted by atomic mass is 10.3. The van der Waals surface area contributed by atoms with Gasteiger partial charge in [-0.15, -0.1) is 0 Å². The van der Waals surface area contributed by atoms with Crippen LogP contribution in [0.25, 0.3) is 4.96 Å². The minimum absolute atomic E-state index is 0.139. The fraction of sp³-hybridized carbons (Fsp3) is 0.583. The lowest BCUT2D eigenvalue weighted by Gasteiger charge is -2.30. The van der Waals surface area contributed by atoms with Crippen LogP contribution >= 0.6 is 11.3 Å². The number of nitrogens with one attached hydrogen (secondary N) is 1. The second kappa shape index (κ2) is 4.90. The first-order chi connectivity index (χ1) is 9.20. The highest BCUT2D eigenvalue weighted by Gasteiger charge is 2.20. The maximum absolute atomic E-state index is 12.0. The molecule has 0 unspecified atom stereocenters. The van der Waals surface area contributed by atoms with Gasteiger partial charge in [-0.3, -0.25) is 4.79 Å². The van der Waals surface area contributed by atoms with Gasteiger partial charge in [0, 0.05) is 26.2 Å². The summed E-state index contributed by atoms with van der Waals surface area (Å²) in [7, 11) is 0. The largest absolute Gasteiger partial charge is 0.354 e. The van der Waals surface area contributed by atoms with Gasteiger partial charge in [0.2, 0.25) is 4.96 Å². The normalized spacial score (nSPS) is 16.2. The summed E-state index contributed by atoms with van der Waals surface area (Å²) in [4.78, 5) is 19.0. The number of fused-ring (bicyclic) bond motifs is 1. The average molecular weight is 279 g/mol. The molecule has 0 radical (unpaired) electrons. The summed E-state index contributed by atoms with van der Waals surface area (Å²) >= 11 is 1.50. The molecule has 2 aromatic rings. The van der Waals surface area contributed by atoms with Gasteiger partial charge in [-0.05, 0) is 13.3 Å². The molecule has 0 amide bonds. The third kappa shape index (κ3) is 2.12. The van der Waals surface area contributed by atoms with Crippen LogP contribution in [0.4, 0.5) is 5.82 Å². The molecule has 7 heteroatoms. The number of rotatable bonds is 2. The molecule has 0 spiro atoms. The van der Waals surface area contributed by atoms with Crippen molar-refractivity contribution in [2.75, 3.05) is 31.1 Å². The van der Waals surface area contributed by atoms with E-state index in [0.29, 0.717) is 10.5 Å². The first-order valence-electron chi connectivity index (χ1n) is 6.55. The van der Waals surface area contributed by atoms with Crippen molar-refractivity contribution >= 4 is 22.1 Å². The molecule has 6 nitrogen and oxygen atoms in total. The number of aromatic nitrogens is 3. The molecule has 3 heterocycles. The number of aryl methyl sites for hydroxylation is 1. The molecule has 0 aliphatic carbocycles. The standard InChI is InChI=1S/C12H17N5OS/c1-3-9-15-17-11(16-6-4-13-5-7-16)8(2)10(18)14-12(17)19-9/h13H,3-7H2,1-2H3. The molecule has 102 valence electrons. The molecule has 1 fully saturated rings. The smallest absolute Gasteiger partial charge is 0.279 e. The summed E-state index contributed by atoms with van der Waals surface area (Å²) in [6, 6.07) is 0. The van der Waals surface area contributed by atoms with Crippen LogP contribution in [0.15, 0.2) is 4.79 Å². The number of hydrogen-bond acceptors (Lipinski definition) is 6. The van der Waals surface area contributed by atoms with Crippen LogP contribution in [-0.4, -0.2) is 40.8 Å². The quantitative estimate of drug-likeness (QED) is 0.864. The van der Waals surface area contributed by atoms with Gasteiger partial charge in [-0.1, -0.05) is 18.3 Å². The van der Waals surface area contributed by atoms with Gasteiger partial charge in [-0.2, -0.15) is 14.6 Å². The van der Waals surface area contributed by atoms with Crippen LogP contribution in [0.2, 0.25) is 0 Å². The Morgan fingerprint density at radius 3 is 2.79 bits per heavy atom. The summed E-state index contributed by atoms with van der Waals surface area (Å²) in [5, 5.41) is 8.91. The van der Waals surface area contributed by atoms with Crippen molar-refractivity contribution in [1.82, 2.24) is 19.9 Å². The number of nitrogens with zero attached hydrogens (tertiary/aromatic N) is 4. The van der Waals surface area contributed by atoms with Gasteiger partial charge in [0.1, 0.15) is 10.8 Å². The second-order valence-electron chi connectivity index (χ2n) is 4.65. The van der Waals surface area contributed by atoms with Crippen molar-refractivity contribution in [3.05, 3.63) is 20.9 Å². The van der Waals surface area contributed by atoms with Crippen LogP contribution in [0.5, 0.6) is 0 Å². The van der Waals surface area contributed by atoms with Crippen molar-refractivity contribution < 1.29 is 0 Å². The number of anilines is 1. The zero-order chi connectivity index (χ0) is 13.4. The van der Waals surface area contributed by atoms with Gasteiger partial charge in [-0.25, -0.2) is 0 Å². The van der Waals surface area contributed by atoms with E-state index in [9.17, 15) is 4.79 Å². The fourth-order valence-corrected chi connectivity index (χ4v) is 3.17. The molecule has 2 aromatic heterocycles. The Balaban J connectivity index is 2.21. The summed E-state index contributed by atoms with van der Waals surface area (Å²) in [6.45, 7) is 7.56. The maximum Gasteiger partial charge on any atom is 0.279 e. The first-order valence-corrected chi connectivity index (χ1v) is 7.37. The Morgan fingerprint density at radius 1 is 1.37 bits per heavy atom. The SMILES string of the molecule is CCc1nn2c(N3CCNCC3)c(C)c(=O)nc2s1. The molecule has 0 aromatic carbocycles. The molecule has 0 saturated carbocycles. The van der Waals surface area contributed by atoms with Crippen molar-refractivity contribution in [2.45, 2.75) is 20.3 Å². The van der Waals surface area contributed by atoms with E-state index in [1.54, 1.807) is 0 Å². The Bertz CT molecular complexity index is 656. The molecular weight excluding hydrogens is 262 g/mol. The molecule has 1 saturated heterocycles. The van der Waals surface area contributed by atoms with Gasteiger partial charge in [0.05, 0.1) is 5.56 Å². The van der Waals surface area contributed by atoms with E-state index in [0.717, 1.165) is 43.4 Å². The summed E-state index contributed by atoms with van der Waals surface area (Å²) < 4.78 is 1.84. The third-order valence-electron chi connectivity index (χ3n) is 3.37. The van der Waals surface area contributed by atoms with Gasteiger partial charge in [0.15, 0.2) is 0 Å². The topological polar surface area (TPSA) is 62.5 Å².